The van der Waals surface area contributed by atoms with Crippen LogP contribution in [0.1, 0.15) is 78.0 Å². The highest BCUT2D eigenvalue weighted by atomic mass is 16.6. The van der Waals surface area contributed by atoms with Crippen LogP contribution < -0.4 is 0 Å². The Labute approximate surface area is 157 Å². The van der Waals surface area contributed by atoms with Gasteiger partial charge < -0.3 is 14.9 Å². The van der Waals surface area contributed by atoms with Gasteiger partial charge in [-0.05, 0) is 53.7 Å². The second-order valence-corrected chi connectivity index (χ2v) is 9.23. The summed E-state index contributed by atoms with van der Waals surface area (Å²) in [6, 6.07) is 5.05. The molecule has 4 heteroatoms. The third-order valence-corrected chi connectivity index (χ3v) is 5.64. The number of aliphatic hydroxyl groups excluding tert-OH is 1. The molecule has 1 aromatic carbocycles. The van der Waals surface area contributed by atoms with Crippen LogP contribution in [0, 0.1) is 17.8 Å². The molecule has 0 aliphatic heterocycles. The van der Waals surface area contributed by atoms with Gasteiger partial charge in [-0.25, -0.2) is 4.79 Å². The van der Waals surface area contributed by atoms with Gasteiger partial charge in [-0.2, -0.15) is 0 Å². The number of phenolic OH excluding ortho intramolecular Hbond substituents is 1. The highest BCUT2D eigenvalue weighted by Gasteiger charge is 2.35. The molecule has 4 nitrogen and oxygen atoms in total. The zero-order chi connectivity index (χ0) is 19.6. The predicted molar refractivity (Wildman–Crippen MR) is 103 cm³/mol. The molecule has 146 valence electrons. The molecule has 26 heavy (non-hydrogen) atoms. The second-order valence-electron chi connectivity index (χ2n) is 9.23. The first-order valence-corrected chi connectivity index (χ1v) is 9.72. The zero-order valence-electron chi connectivity index (χ0n) is 17.0. The van der Waals surface area contributed by atoms with E-state index in [0.717, 1.165) is 24.8 Å². The van der Waals surface area contributed by atoms with Gasteiger partial charge in [-0.15, -0.1) is 0 Å². The number of rotatable bonds is 4. The summed E-state index contributed by atoms with van der Waals surface area (Å²) < 4.78 is 5.73. The van der Waals surface area contributed by atoms with Crippen molar-refractivity contribution in [3.63, 3.8) is 0 Å². The van der Waals surface area contributed by atoms with E-state index in [2.05, 4.69) is 20.8 Å². The van der Waals surface area contributed by atoms with Crippen LogP contribution in [-0.2, 0) is 14.9 Å². The Balaban J connectivity index is 2.18. The normalized spacial score (nSPS) is 25.2. The molecule has 0 heterocycles. The van der Waals surface area contributed by atoms with Gasteiger partial charge in [0.25, 0.3) is 0 Å². The summed E-state index contributed by atoms with van der Waals surface area (Å²) in [4.78, 5) is 12.6. The van der Waals surface area contributed by atoms with Crippen LogP contribution in [0.15, 0.2) is 18.2 Å². The van der Waals surface area contributed by atoms with E-state index in [0.29, 0.717) is 17.8 Å². The molecule has 1 aliphatic carbocycles. The molecule has 0 unspecified atom stereocenters. The smallest absolute Gasteiger partial charge is 0.340 e. The third-order valence-electron chi connectivity index (χ3n) is 5.64. The Hall–Kier alpha value is -1.55. The lowest BCUT2D eigenvalue weighted by molar-refractivity contribution is -0.166. The lowest BCUT2D eigenvalue weighted by Gasteiger charge is -2.37. The van der Waals surface area contributed by atoms with Gasteiger partial charge in [-0.1, -0.05) is 54.0 Å². The van der Waals surface area contributed by atoms with Gasteiger partial charge in [0.1, 0.15) is 11.9 Å². The minimum atomic E-state index is -1.47. The van der Waals surface area contributed by atoms with Crippen LogP contribution in [-0.4, -0.2) is 22.3 Å². The Morgan fingerprint density at radius 3 is 2.46 bits per heavy atom. The number of phenols is 1. The van der Waals surface area contributed by atoms with E-state index < -0.39 is 12.1 Å². The number of carbonyl (C=O) groups excluding carboxylic acids is 1. The van der Waals surface area contributed by atoms with E-state index >= 15 is 0 Å². The first-order chi connectivity index (χ1) is 12.0. The highest BCUT2D eigenvalue weighted by Crippen LogP contribution is 2.37. The highest BCUT2D eigenvalue weighted by molar-refractivity contribution is 5.77. The zero-order valence-corrected chi connectivity index (χ0v) is 17.0. The molecule has 1 fully saturated rings. The standard InChI is InChI=1S/C22H34O4/c1-13(2)16-9-7-14(3)11-19(16)26-21(25)20(24)17-12-15(22(4,5)6)8-10-18(17)23/h8,10,12-14,16,19-20,23-24H,7,9,11H2,1-6H3/t14-,16+,19-,20+/m1/s1. The SMILES string of the molecule is CC(C)[C@@H]1CC[C@@H](C)C[C@H]1OC(=O)[C@@H](O)c1cc(C(C)(C)C)ccc1O. The van der Waals surface area contributed by atoms with E-state index in [9.17, 15) is 15.0 Å². The molecule has 0 aromatic heterocycles. The Morgan fingerprint density at radius 1 is 1.23 bits per heavy atom. The number of hydrogen-bond acceptors (Lipinski definition) is 4. The fourth-order valence-corrected chi connectivity index (χ4v) is 3.83. The molecule has 0 saturated heterocycles. The first kappa shape index (κ1) is 20.8. The maximum atomic E-state index is 12.6. The lowest BCUT2D eigenvalue weighted by atomic mass is 9.75. The molecule has 1 saturated carbocycles. The summed E-state index contributed by atoms with van der Waals surface area (Å²) in [5.74, 6) is 0.500. The monoisotopic (exact) mass is 362 g/mol. The fourth-order valence-electron chi connectivity index (χ4n) is 3.83. The van der Waals surface area contributed by atoms with Crippen molar-refractivity contribution in [2.75, 3.05) is 0 Å². The average Bonchev–Trinajstić information content (AvgIpc) is 2.53. The van der Waals surface area contributed by atoms with Crippen molar-refractivity contribution in [2.45, 2.75) is 78.4 Å². The van der Waals surface area contributed by atoms with E-state index in [1.54, 1.807) is 6.07 Å². The van der Waals surface area contributed by atoms with Crippen molar-refractivity contribution in [1.82, 2.24) is 0 Å². The Morgan fingerprint density at radius 2 is 1.88 bits per heavy atom. The molecule has 4 atom stereocenters. The summed E-state index contributed by atoms with van der Waals surface area (Å²) in [6.07, 6.45) is 1.37. The van der Waals surface area contributed by atoms with Crippen molar-refractivity contribution >= 4 is 5.97 Å². The minimum absolute atomic E-state index is 0.0835. The molecule has 0 bridgehead atoms. The molecule has 0 radical (unpaired) electrons. The maximum Gasteiger partial charge on any atom is 0.340 e. The van der Waals surface area contributed by atoms with Gasteiger partial charge in [0.15, 0.2) is 6.10 Å². The van der Waals surface area contributed by atoms with Gasteiger partial charge in [-0.3, -0.25) is 0 Å². The van der Waals surface area contributed by atoms with E-state index in [1.165, 1.54) is 6.07 Å². The van der Waals surface area contributed by atoms with Gasteiger partial charge in [0.05, 0.1) is 0 Å². The van der Waals surface area contributed by atoms with Crippen LogP contribution in [0.25, 0.3) is 0 Å². The molecular weight excluding hydrogens is 328 g/mol. The van der Waals surface area contributed by atoms with Gasteiger partial charge in [0, 0.05) is 5.56 Å². The fraction of sp³-hybridized carbons (Fsp3) is 0.682. The second kappa shape index (κ2) is 7.99. The van der Waals surface area contributed by atoms with Gasteiger partial charge in [0.2, 0.25) is 0 Å². The first-order valence-electron chi connectivity index (χ1n) is 9.72. The summed E-state index contributed by atoms with van der Waals surface area (Å²) in [7, 11) is 0. The van der Waals surface area contributed by atoms with Crippen LogP contribution in [0.2, 0.25) is 0 Å². The van der Waals surface area contributed by atoms with Gasteiger partial charge >= 0.3 is 5.97 Å². The Bertz CT molecular complexity index is 630. The molecule has 2 rings (SSSR count). The van der Waals surface area contributed by atoms with E-state index in [-0.39, 0.29) is 22.8 Å². The van der Waals surface area contributed by atoms with Crippen molar-refractivity contribution in [3.8, 4) is 5.75 Å². The summed E-state index contributed by atoms with van der Waals surface area (Å²) in [6.45, 7) is 12.6. The molecule has 0 amide bonds. The lowest BCUT2D eigenvalue weighted by Crippen LogP contribution is -2.37. The van der Waals surface area contributed by atoms with Crippen molar-refractivity contribution < 1.29 is 19.7 Å². The Kier molecular flexibility index (Phi) is 6.38. The van der Waals surface area contributed by atoms with Crippen LogP contribution >= 0.6 is 0 Å². The predicted octanol–water partition coefficient (Wildman–Crippen LogP) is 4.73. The number of aliphatic hydroxyl groups is 1. The summed E-state index contributed by atoms with van der Waals surface area (Å²) >= 11 is 0. The molecule has 0 spiro atoms. The molecule has 1 aromatic rings. The quantitative estimate of drug-likeness (QED) is 0.760. The molecular formula is C22H34O4. The summed E-state index contributed by atoms with van der Waals surface area (Å²) in [5.41, 5.74) is 1.02. The largest absolute Gasteiger partial charge is 0.508 e. The van der Waals surface area contributed by atoms with E-state index in [4.69, 9.17) is 4.74 Å². The number of aromatic hydroxyl groups is 1. The molecule has 1 aliphatic rings. The van der Waals surface area contributed by atoms with Crippen LogP contribution in [0.3, 0.4) is 0 Å². The number of benzene rings is 1. The van der Waals surface area contributed by atoms with Crippen molar-refractivity contribution in [3.05, 3.63) is 29.3 Å². The number of esters is 1. The molecule has 2 N–H and O–H groups in total. The third kappa shape index (κ3) is 4.79. The van der Waals surface area contributed by atoms with Crippen molar-refractivity contribution in [2.24, 2.45) is 17.8 Å². The van der Waals surface area contributed by atoms with Crippen molar-refractivity contribution in [1.29, 1.82) is 0 Å². The number of ether oxygens (including phenoxy) is 1. The number of hydrogen-bond donors (Lipinski definition) is 2. The van der Waals surface area contributed by atoms with Crippen LogP contribution in [0.5, 0.6) is 5.75 Å². The van der Waals surface area contributed by atoms with Crippen LogP contribution in [0.4, 0.5) is 0 Å². The minimum Gasteiger partial charge on any atom is -0.508 e. The topological polar surface area (TPSA) is 66.8 Å². The number of carbonyl (C=O) groups is 1. The maximum absolute atomic E-state index is 12.6. The average molecular weight is 363 g/mol. The van der Waals surface area contributed by atoms with E-state index in [1.807, 2.05) is 26.8 Å². The summed E-state index contributed by atoms with van der Waals surface area (Å²) in [5, 5.41) is 20.7.